The summed E-state index contributed by atoms with van der Waals surface area (Å²) in [6.07, 6.45) is -3.23. The summed E-state index contributed by atoms with van der Waals surface area (Å²) in [6, 6.07) is 0. The summed E-state index contributed by atoms with van der Waals surface area (Å²) in [5.41, 5.74) is -2.67. The van der Waals surface area contributed by atoms with Crippen molar-refractivity contribution in [3.05, 3.63) is 0 Å². The lowest BCUT2D eigenvalue weighted by molar-refractivity contribution is -0.272. The number of likely N-dealkylation sites (tertiary alicyclic amines) is 1. The lowest BCUT2D eigenvalue weighted by atomic mass is 9.90. The largest absolute Gasteiger partial charge is 0.417 e. The van der Waals surface area contributed by atoms with E-state index in [1.54, 1.807) is 0 Å². The van der Waals surface area contributed by atoms with Gasteiger partial charge in [0.05, 0.1) is 0 Å². The van der Waals surface area contributed by atoms with E-state index >= 15 is 0 Å². The maximum Gasteiger partial charge on any atom is 0.417 e. The Morgan fingerprint density at radius 1 is 1.23 bits per heavy atom. The van der Waals surface area contributed by atoms with Gasteiger partial charge in [0.25, 0.3) is 0 Å². The number of hydrogen-bond donors (Lipinski definition) is 1. The first-order chi connectivity index (χ1) is 10.1. The summed E-state index contributed by atoms with van der Waals surface area (Å²) in [6.45, 7) is 3.23. The number of carbonyl (C=O) groups excluding carboxylic acids is 2. The normalized spacial score (nSPS) is 19.8. The van der Waals surface area contributed by atoms with E-state index in [4.69, 9.17) is 0 Å². The van der Waals surface area contributed by atoms with E-state index in [-0.39, 0.29) is 37.1 Å². The molecule has 0 aromatic rings. The average Bonchev–Trinajstić information content (AvgIpc) is 2.42. The molecule has 0 aromatic carbocycles. The fraction of sp³-hybridized carbons (Fsp3) is 0.867. The Hall–Kier alpha value is -1.11. The minimum absolute atomic E-state index is 0.0214. The van der Waals surface area contributed by atoms with E-state index < -0.39 is 24.6 Å². The van der Waals surface area contributed by atoms with Crippen molar-refractivity contribution in [2.45, 2.75) is 64.1 Å². The average molecular weight is 323 g/mol. The van der Waals surface area contributed by atoms with Gasteiger partial charge in [-0.05, 0) is 19.8 Å². The van der Waals surface area contributed by atoms with Gasteiger partial charge in [-0.15, -0.1) is 0 Å². The van der Waals surface area contributed by atoms with Crippen LogP contribution in [0, 0.1) is 5.92 Å². The molecule has 0 aliphatic carbocycles. The predicted octanol–water partition coefficient (Wildman–Crippen LogP) is 2.69. The van der Waals surface area contributed by atoms with Crippen LogP contribution in [0.5, 0.6) is 0 Å². The van der Waals surface area contributed by atoms with Crippen LogP contribution < -0.4 is 0 Å². The Bertz CT molecular complexity index is 401. The van der Waals surface area contributed by atoms with Gasteiger partial charge in [-0.2, -0.15) is 13.2 Å². The smallest absolute Gasteiger partial charge is 0.380 e. The zero-order chi connectivity index (χ0) is 17.0. The van der Waals surface area contributed by atoms with Gasteiger partial charge >= 0.3 is 6.18 Å². The molecule has 1 rings (SSSR count). The first kappa shape index (κ1) is 18.9. The van der Waals surface area contributed by atoms with Crippen LogP contribution in [0.4, 0.5) is 13.2 Å². The fourth-order valence-electron chi connectivity index (χ4n) is 2.50. The van der Waals surface area contributed by atoms with Crippen LogP contribution in [0.2, 0.25) is 0 Å². The zero-order valence-corrected chi connectivity index (χ0v) is 13.1. The van der Waals surface area contributed by atoms with Gasteiger partial charge in [0.2, 0.25) is 5.91 Å². The third-order valence-electron chi connectivity index (χ3n) is 4.44. The van der Waals surface area contributed by atoms with Crippen LogP contribution in [0.15, 0.2) is 0 Å². The molecule has 0 aromatic heterocycles. The molecule has 1 fully saturated rings. The molecule has 7 heteroatoms. The van der Waals surface area contributed by atoms with Crippen molar-refractivity contribution in [3.8, 4) is 0 Å². The van der Waals surface area contributed by atoms with Crippen LogP contribution in [0.3, 0.4) is 0 Å². The maximum absolute atomic E-state index is 12.7. The second kappa shape index (κ2) is 7.44. The Labute approximate surface area is 128 Å². The number of carbonyl (C=O) groups is 2. The van der Waals surface area contributed by atoms with E-state index in [0.717, 1.165) is 12.8 Å². The molecule has 0 spiro atoms. The Morgan fingerprint density at radius 3 is 2.23 bits per heavy atom. The molecule has 1 amide bonds. The molecule has 1 saturated heterocycles. The number of hydrogen-bond acceptors (Lipinski definition) is 3. The molecule has 1 heterocycles. The van der Waals surface area contributed by atoms with Gasteiger partial charge < -0.3 is 10.0 Å². The lowest BCUT2D eigenvalue weighted by Gasteiger charge is -2.39. The first-order valence-corrected chi connectivity index (χ1v) is 7.64. The molecule has 1 N–H and O–H groups in total. The molecular weight excluding hydrogens is 299 g/mol. The number of unbranched alkanes of at least 4 members (excludes halogenated alkanes) is 1. The van der Waals surface area contributed by atoms with Crippen LogP contribution in [0.25, 0.3) is 0 Å². The van der Waals surface area contributed by atoms with Crippen molar-refractivity contribution in [1.29, 1.82) is 0 Å². The predicted molar refractivity (Wildman–Crippen MR) is 75.1 cm³/mol. The summed E-state index contributed by atoms with van der Waals surface area (Å²) < 4.78 is 38.0. The minimum atomic E-state index is -4.65. The highest BCUT2D eigenvalue weighted by atomic mass is 19.4. The quantitative estimate of drug-likeness (QED) is 0.765. The number of amides is 1. The van der Waals surface area contributed by atoms with E-state index in [1.165, 1.54) is 11.8 Å². The second-order valence-corrected chi connectivity index (χ2v) is 6.17. The van der Waals surface area contributed by atoms with E-state index in [9.17, 15) is 27.9 Å². The topological polar surface area (TPSA) is 57.6 Å². The molecule has 22 heavy (non-hydrogen) atoms. The number of aliphatic hydroxyl groups is 1. The lowest BCUT2D eigenvalue weighted by Crippen LogP contribution is -2.54. The summed E-state index contributed by atoms with van der Waals surface area (Å²) >= 11 is 0. The zero-order valence-electron chi connectivity index (χ0n) is 13.1. The molecule has 0 bridgehead atoms. The Balaban J connectivity index is 2.30. The number of piperidine rings is 1. The van der Waals surface area contributed by atoms with Crippen molar-refractivity contribution in [2.75, 3.05) is 13.1 Å². The summed E-state index contributed by atoms with van der Waals surface area (Å²) in [7, 11) is 0. The van der Waals surface area contributed by atoms with E-state index in [0.29, 0.717) is 6.42 Å². The number of alkyl halides is 3. The van der Waals surface area contributed by atoms with Crippen molar-refractivity contribution < 1.29 is 27.9 Å². The third kappa shape index (κ3) is 4.97. The molecule has 1 aliphatic heterocycles. The van der Waals surface area contributed by atoms with Crippen LogP contribution >= 0.6 is 0 Å². The van der Waals surface area contributed by atoms with Gasteiger partial charge in [0.15, 0.2) is 5.60 Å². The first-order valence-electron chi connectivity index (χ1n) is 7.64. The maximum atomic E-state index is 12.7. The second-order valence-electron chi connectivity index (χ2n) is 6.17. The summed E-state index contributed by atoms with van der Waals surface area (Å²) in [5.74, 6) is -0.0830. The highest BCUT2D eigenvalue weighted by molar-refractivity contribution is 5.78. The van der Waals surface area contributed by atoms with E-state index in [2.05, 4.69) is 0 Å². The SMILES string of the molecule is CC(=O)C(C)CCCCC(=O)N1CCC(O)(C(F)(F)F)CC1. The number of ketones is 1. The molecule has 4 nitrogen and oxygen atoms in total. The molecule has 128 valence electrons. The summed E-state index contributed by atoms with van der Waals surface area (Å²) in [5, 5.41) is 9.54. The molecule has 0 saturated carbocycles. The van der Waals surface area contributed by atoms with Crippen molar-refractivity contribution in [3.63, 3.8) is 0 Å². The molecule has 0 radical (unpaired) electrons. The molecule has 1 atom stereocenters. The summed E-state index contributed by atoms with van der Waals surface area (Å²) in [4.78, 5) is 24.4. The number of rotatable bonds is 6. The standard InChI is InChI=1S/C15H24F3NO3/c1-11(12(2)20)5-3-4-6-13(21)19-9-7-14(22,8-10-19)15(16,17)18/h11,22H,3-10H2,1-2H3. The van der Waals surface area contributed by atoms with Gasteiger partial charge in [0.1, 0.15) is 5.78 Å². The van der Waals surface area contributed by atoms with Crippen LogP contribution in [0.1, 0.15) is 52.4 Å². The number of Topliss-reactive ketones (excluding diaryl/α,β-unsaturated/α-hetero) is 1. The van der Waals surface area contributed by atoms with Crippen LogP contribution in [-0.4, -0.2) is 46.6 Å². The minimum Gasteiger partial charge on any atom is -0.380 e. The van der Waals surface area contributed by atoms with Gasteiger partial charge in [0, 0.05) is 38.3 Å². The van der Waals surface area contributed by atoms with Gasteiger partial charge in [-0.1, -0.05) is 13.3 Å². The number of halogens is 3. The Kier molecular flexibility index (Phi) is 6.40. The number of nitrogens with zero attached hydrogens (tertiary/aromatic N) is 1. The van der Waals surface area contributed by atoms with Crippen molar-refractivity contribution in [2.24, 2.45) is 5.92 Å². The molecular formula is C15H24F3NO3. The van der Waals surface area contributed by atoms with Crippen molar-refractivity contribution >= 4 is 11.7 Å². The Morgan fingerprint density at radius 2 is 1.77 bits per heavy atom. The van der Waals surface area contributed by atoms with Crippen LogP contribution in [-0.2, 0) is 9.59 Å². The fourth-order valence-corrected chi connectivity index (χ4v) is 2.50. The highest BCUT2D eigenvalue weighted by Crippen LogP contribution is 2.38. The highest BCUT2D eigenvalue weighted by Gasteiger charge is 2.54. The molecule has 1 unspecified atom stereocenters. The molecule has 1 aliphatic rings. The van der Waals surface area contributed by atoms with Crippen molar-refractivity contribution in [1.82, 2.24) is 4.90 Å². The third-order valence-corrected chi connectivity index (χ3v) is 4.44. The monoisotopic (exact) mass is 323 g/mol. The van der Waals surface area contributed by atoms with E-state index in [1.807, 2.05) is 6.92 Å². The van der Waals surface area contributed by atoms with Gasteiger partial charge in [-0.25, -0.2) is 0 Å². The van der Waals surface area contributed by atoms with Gasteiger partial charge in [-0.3, -0.25) is 9.59 Å².